The molecule has 0 spiro atoms. The molecule has 0 aliphatic rings. The summed E-state index contributed by atoms with van der Waals surface area (Å²) >= 11 is 0. The van der Waals surface area contributed by atoms with Gasteiger partial charge in [-0.25, -0.2) is 0 Å². The van der Waals surface area contributed by atoms with Crippen molar-refractivity contribution >= 4 is 0 Å². The van der Waals surface area contributed by atoms with Crippen molar-refractivity contribution in [3.63, 3.8) is 0 Å². The van der Waals surface area contributed by atoms with E-state index in [1.807, 2.05) is 0 Å². The van der Waals surface area contributed by atoms with Crippen molar-refractivity contribution in [1.82, 2.24) is 0 Å². The van der Waals surface area contributed by atoms with Gasteiger partial charge < -0.3 is 15.2 Å². The molecule has 0 radical (unpaired) electrons. The summed E-state index contributed by atoms with van der Waals surface area (Å²) in [6.07, 6.45) is 2.90. The Labute approximate surface area is 139 Å². The number of rotatable bonds is 9. The van der Waals surface area contributed by atoms with Crippen molar-refractivity contribution in [3.8, 4) is 0 Å². The molecule has 0 rings (SSSR count). The average molecular weight is 316 g/mol. The summed E-state index contributed by atoms with van der Waals surface area (Å²) < 4.78 is 12.3. The van der Waals surface area contributed by atoms with E-state index in [1.165, 1.54) is 0 Å². The zero-order valence-electron chi connectivity index (χ0n) is 16.8. The van der Waals surface area contributed by atoms with Gasteiger partial charge in [0.15, 0.2) is 0 Å². The molecule has 0 aromatic rings. The first-order valence-electron chi connectivity index (χ1n) is 8.63. The Hall–Kier alpha value is -0.120. The van der Waals surface area contributed by atoms with Crippen molar-refractivity contribution in [2.24, 2.45) is 11.1 Å². The van der Waals surface area contributed by atoms with Crippen LogP contribution in [0.4, 0.5) is 0 Å². The molecule has 1 unspecified atom stereocenters. The Balaban J connectivity index is 4.39. The molecule has 0 aromatic heterocycles. The fourth-order valence-electron chi connectivity index (χ4n) is 3.60. The number of nitrogens with two attached hydrogens (primary N) is 1. The summed E-state index contributed by atoms with van der Waals surface area (Å²) in [6.45, 7) is 22.2. The van der Waals surface area contributed by atoms with Gasteiger partial charge in [-0.15, -0.1) is 0 Å². The predicted octanol–water partition coefficient (Wildman–Crippen LogP) is 4.92. The quantitative estimate of drug-likeness (QED) is 0.657. The molecule has 3 heteroatoms. The highest BCUT2D eigenvalue weighted by atomic mass is 16.5. The van der Waals surface area contributed by atoms with Crippen LogP contribution in [-0.4, -0.2) is 29.5 Å². The predicted molar refractivity (Wildman–Crippen MR) is 96.2 cm³/mol. The maximum Gasteiger partial charge on any atom is 0.0655 e. The smallest absolute Gasteiger partial charge is 0.0655 e. The third kappa shape index (κ3) is 11.4. The molecule has 22 heavy (non-hydrogen) atoms. The van der Waals surface area contributed by atoms with Gasteiger partial charge in [0.1, 0.15) is 0 Å². The molecule has 0 aromatic carbocycles. The number of hydrogen-bond donors (Lipinski definition) is 1. The van der Waals surface area contributed by atoms with Crippen LogP contribution in [0, 0.1) is 5.41 Å². The molecule has 3 nitrogen and oxygen atoms in total. The van der Waals surface area contributed by atoms with Gasteiger partial charge in [-0.3, -0.25) is 0 Å². The van der Waals surface area contributed by atoms with Crippen LogP contribution < -0.4 is 5.73 Å². The van der Waals surface area contributed by atoms with Crippen LogP contribution in [0.25, 0.3) is 0 Å². The maximum absolute atomic E-state index is 6.18. The van der Waals surface area contributed by atoms with Crippen molar-refractivity contribution in [2.45, 2.75) is 111 Å². The third-order valence-electron chi connectivity index (χ3n) is 3.56. The molecule has 0 amide bonds. The molecule has 134 valence electrons. The first kappa shape index (κ1) is 21.9. The van der Waals surface area contributed by atoms with E-state index >= 15 is 0 Å². The monoisotopic (exact) mass is 315 g/mol. The Kier molecular flexibility index (Phi) is 7.59. The van der Waals surface area contributed by atoms with E-state index in [1.54, 1.807) is 0 Å². The molecule has 0 bridgehead atoms. The lowest BCUT2D eigenvalue weighted by Gasteiger charge is -2.38. The highest BCUT2D eigenvalue weighted by Gasteiger charge is 2.31. The van der Waals surface area contributed by atoms with E-state index in [4.69, 9.17) is 15.2 Å². The van der Waals surface area contributed by atoms with Crippen LogP contribution >= 0.6 is 0 Å². The molecule has 0 fully saturated rings. The van der Waals surface area contributed by atoms with Gasteiger partial charge in [0.25, 0.3) is 0 Å². The van der Waals surface area contributed by atoms with Crippen molar-refractivity contribution < 1.29 is 9.47 Å². The summed E-state index contributed by atoms with van der Waals surface area (Å²) in [5.74, 6) is 0. The second-order valence-electron chi connectivity index (χ2n) is 9.85. The van der Waals surface area contributed by atoms with Crippen molar-refractivity contribution in [3.05, 3.63) is 0 Å². The van der Waals surface area contributed by atoms with Gasteiger partial charge in [0.2, 0.25) is 0 Å². The van der Waals surface area contributed by atoms with Crippen LogP contribution in [0.1, 0.15) is 88.5 Å². The largest absolute Gasteiger partial charge is 0.375 e. The Morgan fingerprint density at radius 2 is 1.36 bits per heavy atom. The normalized spacial score (nSPS) is 16.0. The second kappa shape index (κ2) is 7.63. The lowest BCUT2D eigenvalue weighted by atomic mass is 9.77. The Morgan fingerprint density at radius 3 is 1.77 bits per heavy atom. The SMILES string of the molecule is CC(N)CC(C)(C)CC(C)(C)OCCC(C)(C)OC(C)(C)C. The van der Waals surface area contributed by atoms with Crippen LogP contribution in [-0.2, 0) is 9.47 Å². The fourth-order valence-corrected chi connectivity index (χ4v) is 3.60. The minimum atomic E-state index is -0.171. The molecular formula is C19H41NO2. The van der Waals surface area contributed by atoms with Crippen molar-refractivity contribution in [2.75, 3.05) is 6.61 Å². The minimum absolute atomic E-state index is 0.127. The summed E-state index contributed by atoms with van der Waals surface area (Å²) in [5.41, 5.74) is 5.71. The standard InChI is InChI=1S/C19H41NO2/c1-15(20)13-17(5,6)14-19(9,10)21-12-11-18(7,8)22-16(2,3)4/h15H,11-14,20H2,1-10H3. The summed E-state index contributed by atoms with van der Waals surface area (Å²) in [6, 6.07) is 0.227. The van der Waals surface area contributed by atoms with Gasteiger partial charge in [0.05, 0.1) is 23.4 Å². The lowest BCUT2D eigenvalue weighted by Crippen LogP contribution is -2.38. The summed E-state index contributed by atoms with van der Waals surface area (Å²) in [4.78, 5) is 0. The van der Waals surface area contributed by atoms with Crippen LogP contribution in [0.3, 0.4) is 0 Å². The molecule has 1 atom stereocenters. The lowest BCUT2D eigenvalue weighted by molar-refractivity contribution is -0.134. The van der Waals surface area contributed by atoms with E-state index in [0.29, 0.717) is 6.61 Å². The second-order valence-corrected chi connectivity index (χ2v) is 9.85. The maximum atomic E-state index is 6.18. The first-order chi connectivity index (χ1) is 9.54. The van der Waals surface area contributed by atoms with E-state index in [-0.39, 0.29) is 28.3 Å². The zero-order chi connectivity index (χ0) is 17.8. The Morgan fingerprint density at radius 1 is 0.864 bits per heavy atom. The molecule has 0 saturated heterocycles. The van der Waals surface area contributed by atoms with E-state index in [0.717, 1.165) is 19.3 Å². The summed E-state index contributed by atoms with van der Waals surface area (Å²) in [7, 11) is 0. The molecule has 0 heterocycles. The van der Waals surface area contributed by atoms with Crippen LogP contribution in [0.5, 0.6) is 0 Å². The minimum Gasteiger partial charge on any atom is -0.375 e. The van der Waals surface area contributed by atoms with Crippen LogP contribution in [0.15, 0.2) is 0 Å². The number of hydrogen-bond acceptors (Lipinski definition) is 3. The van der Waals surface area contributed by atoms with E-state index in [9.17, 15) is 0 Å². The average Bonchev–Trinajstić information content (AvgIpc) is 2.06. The highest BCUT2D eigenvalue weighted by Crippen LogP contribution is 2.34. The van der Waals surface area contributed by atoms with Gasteiger partial charge >= 0.3 is 0 Å². The van der Waals surface area contributed by atoms with Crippen molar-refractivity contribution in [1.29, 1.82) is 0 Å². The highest BCUT2D eigenvalue weighted by molar-refractivity contribution is 4.83. The zero-order valence-corrected chi connectivity index (χ0v) is 16.8. The van der Waals surface area contributed by atoms with Crippen LogP contribution in [0.2, 0.25) is 0 Å². The van der Waals surface area contributed by atoms with Gasteiger partial charge in [-0.1, -0.05) is 13.8 Å². The van der Waals surface area contributed by atoms with E-state index < -0.39 is 0 Å². The molecule has 0 aliphatic heterocycles. The van der Waals surface area contributed by atoms with Gasteiger partial charge in [0, 0.05) is 6.04 Å². The number of ether oxygens (including phenoxy) is 2. The fraction of sp³-hybridized carbons (Fsp3) is 1.00. The molecule has 2 N–H and O–H groups in total. The van der Waals surface area contributed by atoms with Gasteiger partial charge in [-0.05, 0) is 80.1 Å². The molecule has 0 saturated carbocycles. The Bertz CT molecular complexity index is 325. The van der Waals surface area contributed by atoms with Gasteiger partial charge in [-0.2, -0.15) is 0 Å². The molecule has 0 aliphatic carbocycles. The topological polar surface area (TPSA) is 44.5 Å². The van der Waals surface area contributed by atoms with E-state index in [2.05, 4.69) is 69.2 Å². The molecular weight excluding hydrogens is 274 g/mol. The third-order valence-corrected chi connectivity index (χ3v) is 3.56. The first-order valence-corrected chi connectivity index (χ1v) is 8.63. The summed E-state index contributed by atoms with van der Waals surface area (Å²) in [5, 5.41) is 0.